The maximum atomic E-state index is 2.73. The molecule has 0 unspecified atom stereocenters. The fraction of sp³-hybridized carbons (Fsp3) is 0.417. The Kier molecular flexibility index (Phi) is 11.6. The predicted octanol–water partition coefficient (Wildman–Crippen LogP) is 14.5. The lowest BCUT2D eigenvalue weighted by Gasteiger charge is -2.36. The van der Waals surface area contributed by atoms with Gasteiger partial charge in [0.05, 0.1) is 0 Å². The van der Waals surface area contributed by atoms with Gasteiger partial charge in [-0.1, -0.05) is 200 Å². The van der Waals surface area contributed by atoms with E-state index in [1.165, 1.54) is 108 Å². The fourth-order valence-electron chi connectivity index (χ4n) is 8.67. The van der Waals surface area contributed by atoms with Gasteiger partial charge in [-0.25, -0.2) is 0 Å². The van der Waals surface area contributed by atoms with Crippen LogP contribution in [-0.2, 0) is 12.8 Å². The van der Waals surface area contributed by atoms with Crippen LogP contribution in [-0.4, -0.2) is 8.07 Å². The molecule has 0 heterocycles. The molecule has 2 aliphatic rings. The van der Waals surface area contributed by atoms with E-state index >= 15 is 0 Å². The molecule has 0 saturated heterocycles. The van der Waals surface area contributed by atoms with E-state index < -0.39 is 8.07 Å². The molecule has 0 saturated carbocycles. The first-order chi connectivity index (χ1) is 23.8. The summed E-state index contributed by atoms with van der Waals surface area (Å²) in [4.78, 5) is 0. The zero-order valence-corrected chi connectivity index (χ0v) is 32.4. The largest absolute Gasteiger partial charge is 0.109 e. The highest BCUT2D eigenvalue weighted by molar-refractivity contribution is 6.94. The number of unbranched alkanes of at least 4 members (excludes halogenated alkanes) is 6. The van der Waals surface area contributed by atoms with E-state index in [1.807, 2.05) is 10.4 Å². The van der Waals surface area contributed by atoms with Crippen molar-refractivity contribution in [1.29, 1.82) is 0 Å². The molecular weight excluding hydrogens is 605 g/mol. The van der Waals surface area contributed by atoms with Gasteiger partial charge in [0.15, 0.2) is 0 Å². The van der Waals surface area contributed by atoms with Crippen LogP contribution in [0.2, 0.25) is 12.1 Å². The van der Waals surface area contributed by atoms with Crippen molar-refractivity contribution in [3.8, 4) is 22.3 Å². The summed E-state index contributed by atoms with van der Waals surface area (Å²) >= 11 is 0. The second-order valence-electron chi connectivity index (χ2n) is 15.7. The fourth-order valence-corrected chi connectivity index (χ4v) is 14.2. The van der Waals surface area contributed by atoms with Gasteiger partial charge in [0, 0.05) is 0 Å². The lowest BCUT2D eigenvalue weighted by atomic mass is 9.93. The van der Waals surface area contributed by atoms with Gasteiger partial charge in [0.2, 0.25) is 0 Å². The number of rotatable bonds is 16. The highest BCUT2D eigenvalue weighted by Crippen LogP contribution is 2.48. The molecule has 0 bridgehead atoms. The van der Waals surface area contributed by atoms with E-state index in [9.17, 15) is 0 Å². The molecule has 0 spiro atoms. The molecule has 0 amide bonds. The quantitative estimate of drug-likeness (QED) is 0.0826. The molecule has 256 valence electrons. The molecule has 4 aromatic rings. The molecule has 6 rings (SSSR count). The van der Waals surface area contributed by atoms with Gasteiger partial charge < -0.3 is 0 Å². The molecule has 0 radical (unpaired) electrons. The standard InChI is InChI=1S/C48H60Si/c1-7-9-11-13-27-49(28-14-12-10-8-2,43-31-41-23-17-25-45(47(41)33-43)39-21-15-19-37(29-39)35(3)4)44-32-42-24-18-26-46(48(42)34-44)40-22-16-20-38(30-40)36(5)6/h15-26,29-30,33-36H,7-14,27-28,31-32H2,1-6H3. The second-order valence-corrected chi connectivity index (χ2v) is 20.2. The molecule has 0 N–H and O–H groups in total. The van der Waals surface area contributed by atoms with Crippen LogP contribution in [0.15, 0.2) is 95.3 Å². The smallest absolute Gasteiger partial charge is 0.0709 e. The van der Waals surface area contributed by atoms with Gasteiger partial charge in [-0.05, 0) is 92.4 Å². The maximum absolute atomic E-state index is 2.73. The monoisotopic (exact) mass is 664 g/mol. The SMILES string of the molecule is CCCCCC[Si](CCCCCC)(C1=Cc2c(cccc2-c2cccc(C(C)C)c2)C1)C1=Cc2c(cccc2-c2cccc(C(C)C)c2)C1. The van der Waals surface area contributed by atoms with Crippen LogP contribution in [0.4, 0.5) is 0 Å². The van der Waals surface area contributed by atoms with E-state index in [2.05, 4.69) is 139 Å². The zero-order chi connectivity index (χ0) is 34.4. The number of allylic oxidation sites excluding steroid dienone is 2. The van der Waals surface area contributed by atoms with Crippen LogP contribution >= 0.6 is 0 Å². The summed E-state index contributed by atoms with van der Waals surface area (Å²) in [7, 11) is -2.01. The Hall–Kier alpha value is -3.42. The van der Waals surface area contributed by atoms with Crippen molar-refractivity contribution in [2.24, 2.45) is 0 Å². The number of hydrogen-bond donors (Lipinski definition) is 0. The molecule has 0 aliphatic heterocycles. The van der Waals surface area contributed by atoms with Crippen LogP contribution < -0.4 is 0 Å². The predicted molar refractivity (Wildman–Crippen MR) is 219 cm³/mol. The van der Waals surface area contributed by atoms with E-state index in [1.54, 1.807) is 11.1 Å². The first kappa shape index (κ1) is 35.4. The van der Waals surface area contributed by atoms with Crippen molar-refractivity contribution in [3.05, 3.63) is 129 Å². The van der Waals surface area contributed by atoms with Crippen LogP contribution in [0.3, 0.4) is 0 Å². The summed E-state index contributed by atoms with van der Waals surface area (Å²) in [5, 5.41) is 3.62. The Balaban J connectivity index is 1.46. The van der Waals surface area contributed by atoms with E-state index in [4.69, 9.17) is 0 Å². The van der Waals surface area contributed by atoms with Crippen molar-refractivity contribution >= 4 is 20.2 Å². The Morgan fingerprint density at radius 2 is 0.939 bits per heavy atom. The van der Waals surface area contributed by atoms with Crippen molar-refractivity contribution in [2.75, 3.05) is 0 Å². The maximum Gasteiger partial charge on any atom is 0.109 e. The molecule has 0 atom stereocenters. The number of hydrogen-bond acceptors (Lipinski definition) is 0. The molecule has 2 aliphatic carbocycles. The van der Waals surface area contributed by atoms with Gasteiger partial charge in [0.25, 0.3) is 0 Å². The lowest BCUT2D eigenvalue weighted by molar-refractivity contribution is 0.681. The van der Waals surface area contributed by atoms with Gasteiger partial charge in [-0.3, -0.25) is 0 Å². The Morgan fingerprint density at radius 3 is 1.35 bits per heavy atom. The number of fused-ring (bicyclic) bond motifs is 2. The second kappa shape index (κ2) is 16.1. The summed E-state index contributed by atoms with van der Waals surface area (Å²) in [6.45, 7) is 13.9. The molecule has 0 aromatic heterocycles. The highest BCUT2D eigenvalue weighted by Gasteiger charge is 2.43. The molecule has 4 aromatic carbocycles. The third kappa shape index (κ3) is 7.68. The minimum absolute atomic E-state index is 0.530. The molecule has 1 heteroatoms. The Labute approximate surface area is 299 Å². The Bertz CT molecular complexity index is 1660. The number of benzene rings is 4. The van der Waals surface area contributed by atoms with Crippen LogP contribution in [0.1, 0.15) is 138 Å². The van der Waals surface area contributed by atoms with Crippen LogP contribution in [0.5, 0.6) is 0 Å². The molecule has 0 nitrogen and oxygen atoms in total. The van der Waals surface area contributed by atoms with Gasteiger partial charge in [0.1, 0.15) is 8.07 Å². The summed E-state index contributed by atoms with van der Waals surface area (Å²) in [6, 6.07) is 35.7. The van der Waals surface area contributed by atoms with Crippen molar-refractivity contribution in [2.45, 2.75) is 130 Å². The topological polar surface area (TPSA) is 0 Å². The minimum atomic E-state index is -2.01. The summed E-state index contributed by atoms with van der Waals surface area (Å²) < 4.78 is 0. The van der Waals surface area contributed by atoms with E-state index in [-0.39, 0.29) is 0 Å². The Morgan fingerprint density at radius 1 is 0.510 bits per heavy atom. The van der Waals surface area contributed by atoms with Crippen LogP contribution in [0.25, 0.3) is 34.4 Å². The normalized spacial score (nSPS) is 14.0. The lowest BCUT2D eigenvalue weighted by Crippen LogP contribution is -2.40. The van der Waals surface area contributed by atoms with Gasteiger partial charge in [-0.15, -0.1) is 0 Å². The molecular formula is C48H60Si. The van der Waals surface area contributed by atoms with E-state index in [0.29, 0.717) is 11.8 Å². The first-order valence-corrected chi connectivity index (χ1v) is 22.1. The van der Waals surface area contributed by atoms with Gasteiger partial charge >= 0.3 is 0 Å². The van der Waals surface area contributed by atoms with E-state index in [0.717, 1.165) is 12.8 Å². The van der Waals surface area contributed by atoms with Crippen molar-refractivity contribution in [3.63, 3.8) is 0 Å². The molecule has 0 fully saturated rings. The van der Waals surface area contributed by atoms with Crippen LogP contribution in [0, 0.1) is 0 Å². The minimum Gasteiger partial charge on any atom is -0.0709 e. The summed E-state index contributed by atoms with van der Waals surface area (Å²) in [5.41, 5.74) is 14.5. The summed E-state index contributed by atoms with van der Waals surface area (Å²) in [5.74, 6) is 1.06. The van der Waals surface area contributed by atoms with Crippen molar-refractivity contribution < 1.29 is 0 Å². The van der Waals surface area contributed by atoms with Gasteiger partial charge in [-0.2, -0.15) is 0 Å². The molecule has 49 heavy (non-hydrogen) atoms. The van der Waals surface area contributed by atoms with Crippen molar-refractivity contribution in [1.82, 2.24) is 0 Å². The third-order valence-electron chi connectivity index (χ3n) is 11.7. The average molecular weight is 665 g/mol. The first-order valence-electron chi connectivity index (χ1n) is 19.7. The average Bonchev–Trinajstić information content (AvgIpc) is 3.77. The highest BCUT2D eigenvalue weighted by atomic mass is 28.3. The third-order valence-corrected chi connectivity index (χ3v) is 17.2. The summed E-state index contributed by atoms with van der Waals surface area (Å²) in [6.07, 6.45) is 18.5. The zero-order valence-electron chi connectivity index (χ0n) is 31.4.